The molecule has 0 radical (unpaired) electrons. The quantitative estimate of drug-likeness (QED) is 0.849. The van der Waals surface area contributed by atoms with Crippen LogP contribution in [0.25, 0.3) is 11.0 Å². The van der Waals surface area contributed by atoms with Crippen LogP contribution in [0.2, 0.25) is 0 Å². The molecule has 1 saturated carbocycles. The van der Waals surface area contributed by atoms with Crippen LogP contribution < -0.4 is 0 Å². The minimum Gasteiger partial charge on any atom is -0.331 e. The Morgan fingerprint density at radius 2 is 2.32 bits per heavy atom. The molecular formula is C14H15N3S2. The van der Waals surface area contributed by atoms with Gasteiger partial charge in [-0.2, -0.15) is 17.0 Å². The van der Waals surface area contributed by atoms with Crippen LogP contribution in [0.5, 0.6) is 0 Å². The van der Waals surface area contributed by atoms with Crippen LogP contribution in [0.1, 0.15) is 30.9 Å². The van der Waals surface area contributed by atoms with Gasteiger partial charge in [0.05, 0.1) is 22.7 Å². The minimum atomic E-state index is 0.449. The Bertz CT molecular complexity index is 708. The van der Waals surface area contributed by atoms with Crippen molar-refractivity contribution in [1.82, 2.24) is 9.55 Å². The molecule has 3 nitrogen and oxygen atoms in total. The van der Waals surface area contributed by atoms with Gasteiger partial charge in [-0.05, 0) is 49.5 Å². The van der Waals surface area contributed by atoms with E-state index in [1.54, 1.807) is 0 Å². The normalized spacial score (nSPS) is 22.7. The number of nitrogens with one attached hydrogen (secondary N) is 1. The fourth-order valence-corrected chi connectivity index (χ4v) is 4.32. The van der Waals surface area contributed by atoms with Crippen molar-refractivity contribution in [1.29, 1.82) is 5.26 Å². The molecule has 0 saturated heterocycles. The molecule has 2 aromatic rings. The van der Waals surface area contributed by atoms with E-state index in [0.717, 1.165) is 15.8 Å². The van der Waals surface area contributed by atoms with Gasteiger partial charge in [-0.15, -0.1) is 0 Å². The Balaban J connectivity index is 2.19. The molecule has 0 spiro atoms. The predicted octanol–water partition coefficient (Wildman–Crippen LogP) is 4.03. The zero-order valence-electron chi connectivity index (χ0n) is 10.7. The van der Waals surface area contributed by atoms with E-state index in [-0.39, 0.29) is 0 Å². The first kappa shape index (κ1) is 12.8. The Hall–Kier alpha value is -1.25. The van der Waals surface area contributed by atoms with E-state index in [1.807, 2.05) is 30.0 Å². The van der Waals surface area contributed by atoms with Gasteiger partial charge in [0.1, 0.15) is 0 Å². The second-order valence-electron chi connectivity index (χ2n) is 4.92. The first-order valence-corrected chi connectivity index (χ1v) is 8.11. The number of aromatic amines is 1. The Kier molecular flexibility index (Phi) is 3.38. The van der Waals surface area contributed by atoms with Crippen molar-refractivity contribution in [2.75, 3.05) is 6.26 Å². The molecule has 1 heterocycles. The SMILES string of the molecule is CSC1CCCC1n1c(=S)[nH]c2ccc(C#N)cc21. The number of rotatable bonds is 2. The van der Waals surface area contributed by atoms with Gasteiger partial charge >= 0.3 is 0 Å². The smallest absolute Gasteiger partial charge is 0.178 e. The molecule has 1 fully saturated rings. The molecule has 19 heavy (non-hydrogen) atoms. The fraction of sp³-hybridized carbons (Fsp3) is 0.429. The van der Waals surface area contributed by atoms with Gasteiger partial charge in [-0.3, -0.25) is 0 Å². The van der Waals surface area contributed by atoms with E-state index in [1.165, 1.54) is 19.3 Å². The van der Waals surface area contributed by atoms with E-state index in [9.17, 15) is 0 Å². The monoisotopic (exact) mass is 289 g/mol. The Morgan fingerprint density at radius 1 is 1.47 bits per heavy atom. The van der Waals surface area contributed by atoms with Gasteiger partial charge in [0.25, 0.3) is 0 Å². The molecule has 0 bridgehead atoms. The molecule has 5 heteroatoms. The third-order valence-corrected chi connectivity index (χ3v) is 5.35. The average molecular weight is 289 g/mol. The number of aromatic nitrogens is 2. The maximum absolute atomic E-state index is 9.06. The highest BCUT2D eigenvalue weighted by Crippen LogP contribution is 2.39. The lowest BCUT2D eigenvalue weighted by Crippen LogP contribution is -2.15. The van der Waals surface area contributed by atoms with E-state index >= 15 is 0 Å². The zero-order valence-corrected chi connectivity index (χ0v) is 12.4. The molecule has 98 valence electrons. The minimum absolute atomic E-state index is 0.449. The first-order chi connectivity index (χ1) is 9.24. The largest absolute Gasteiger partial charge is 0.331 e. The summed E-state index contributed by atoms with van der Waals surface area (Å²) >= 11 is 7.41. The molecule has 0 amide bonds. The molecule has 1 aliphatic carbocycles. The molecule has 2 unspecified atom stereocenters. The second kappa shape index (κ2) is 5.03. The lowest BCUT2D eigenvalue weighted by Gasteiger charge is -2.20. The van der Waals surface area contributed by atoms with Gasteiger partial charge in [-0.25, -0.2) is 0 Å². The first-order valence-electron chi connectivity index (χ1n) is 6.41. The Labute approximate surface area is 121 Å². The summed E-state index contributed by atoms with van der Waals surface area (Å²) in [5.74, 6) is 0. The molecule has 1 N–H and O–H groups in total. The van der Waals surface area contributed by atoms with Crippen molar-refractivity contribution in [3.63, 3.8) is 0 Å². The summed E-state index contributed by atoms with van der Waals surface area (Å²) in [6.45, 7) is 0. The van der Waals surface area contributed by atoms with Crippen LogP contribution in [0.15, 0.2) is 18.2 Å². The van der Waals surface area contributed by atoms with Crippen molar-refractivity contribution in [2.45, 2.75) is 30.6 Å². The number of fused-ring (bicyclic) bond motifs is 1. The lowest BCUT2D eigenvalue weighted by atomic mass is 10.2. The maximum Gasteiger partial charge on any atom is 0.178 e. The summed E-state index contributed by atoms with van der Waals surface area (Å²) in [6.07, 6.45) is 5.84. The van der Waals surface area contributed by atoms with Crippen LogP contribution in [-0.2, 0) is 0 Å². The molecule has 3 rings (SSSR count). The number of thioether (sulfide) groups is 1. The maximum atomic E-state index is 9.06. The number of H-pyrrole nitrogens is 1. The summed E-state index contributed by atoms with van der Waals surface area (Å²) in [5.41, 5.74) is 2.78. The van der Waals surface area contributed by atoms with Crippen LogP contribution in [0, 0.1) is 16.1 Å². The number of hydrogen-bond donors (Lipinski definition) is 1. The van der Waals surface area contributed by atoms with Gasteiger partial charge in [-0.1, -0.05) is 6.42 Å². The van der Waals surface area contributed by atoms with Crippen molar-refractivity contribution >= 4 is 35.0 Å². The van der Waals surface area contributed by atoms with Gasteiger partial charge in [0, 0.05) is 11.3 Å². The average Bonchev–Trinajstić information content (AvgIpc) is 3.00. The Morgan fingerprint density at radius 3 is 3.05 bits per heavy atom. The lowest BCUT2D eigenvalue weighted by molar-refractivity contribution is 0.536. The summed E-state index contributed by atoms with van der Waals surface area (Å²) in [7, 11) is 0. The topological polar surface area (TPSA) is 44.5 Å². The number of imidazole rings is 1. The fourth-order valence-electron chi connectivity index (χ4n) is 3.00. The van der Waals surface area contributed by atoms with Gasteiger partial charge in [0.2, 0.25) is 0 Å². The van der Waals surface area contributed by atoms with Crippen LogP contribution in [0.3, 0.4) is 0 Å². The van der Waals surface area contributed by atoms with E-state index < -0.39 is 0 Å². The van der Waals surface area contributed by atoms with E-state index in [4.69, 9.17) is 17.5 Å². The summed E-state index contributed by atoms with van der Waals surface area (Å²) < 4.78 is 3.00. The summed E-state index contributed by atoms with van der Waals surface area (Å²) in [6, 6.07) is 8.38. The van der Waals surface area contributed by atoms with Crippen LogP contribution >= 0.6 is 24.0 Å². The molecule has 1 aromatic carbocycles. The highest BCUT2D eigenvalue weighted by molar-refractivity contribution is 7.99. The van der Waals surface area contributed by atoms with Crippen molar-refractivity contribution in [3.05, 3.63) is 28.5 Å². The standard InChI is InChI=1S/C14H15N3S2/c1-19-13-4-2-3-11(13)17-12-7-9(8-15)5-6-10(12)16-14(17)18/h5-7,11,13H,2-4H2,1H3,(H,16,18). The van der Waals surface area contributed by atoms with Gasteiger partial charge < -0.3 is 9.55 Å². The zero-order chi connectivity index (χ0) is 13.4. The predicted molar refractivity (Wildman–Crippen MR) is 82.0 cm³/mol. The van der Waals surface area contributed by atoms with E-state index in [0.29, 0.717) is 16.9 Å². The molecule has 1 aliphatic rings. The third-order valence-electron chi connectivity index (χ3n) is 3.90. The van der Waals surface area contributed by atoms with Crippen LogP contribution in [0.4, 0.5) is 0 Å². The van der Waals surface area contributed by atoms with Crippen molar-refractivity contribution < 1.29 is 0 Å². The second-order valence-corrected chi connectivity index (χ2v) is 6.38. The summed E-state index contributed by atoms with van der Waals surface area (Å²) in [4.78, 5) is 3.26. The van der Waals surface area contributed by atoms with Gasteiger partial charge in [0.15, 0.2) is 4.77 Å². The highest BCUT2D eigenvalue weighted by atomic mass is 32.2. The number of nitriles is 1. The molecule has 1 aromatic heterocycles. The molecule has 0 aliphatic heterocycles. The highest BCUT2D eigenvalue weighted by Gasteiger charge is 2.29. The van der Waals surface area contributed by atoms with E-state index in [2.05, 4.69) is 21.9 Å². The molecular weight excluding hydrogens is 274 g/mol. The molecule has 2 atom stereocenters. The third kappa shape index (κ3) is 2.09. The van der Waals surface area contributed by atoms with Crippen molar-refractivity contribution in [3.8, 4) is 6.07 Å². The van der Waals surface area contributed by atoms with Crippen molar-refractivity contribution in [2.24, 2.45) is 0 Å². The number of benzene rings is 1. The number of hydrogen-bond acceptors (Lipinski definition) is 3. The number of nitrogens with zero attached hydrogens (tertiary/aromatic N) is 2. The van der Waals surface area contributed by atoms with Crippen LogP contribution in [-0.4, -0.2) is 21.1 Å². The summed E-state index contributed by atoms with van der Waals surface area (Å²) in [5, 5.41) is 9.68.